The van der Waals surface area contributed by atoms with Crippen LogP contribution in [0.25, 0.3) is 11.1 Å². The molecule has 2 aromatic rings. The quantitative estimate of drug-likeness (QED) is 0.705. The highest BCUT2D eigenvalue weighted by Gasteiger charge is 2.35. The van der Waals surface area contributed by atoms with E-state index in [2.05, 4.69) is 25.6 Å². The first-order valence-electron chi connectivity index (χ1n) is 8.81. The number of aromatic nitrogens is 3. The van der Waals surface area contributed by atoms with E-state index in [1.165, 1.54) is 12.5 Å². The second-order valence-electron chi connectivity index (χ2n) is 6.37. The molecule has 3 rings (SSSR count). The molecule has 0 saturated carbocycles. The van der Waals surface area contributed by atoms with Gasteiger partial charge in [-0.05, 0) is 13.3 Å². The molecule has 10 nitrogen and oxygen atoms in total. The summed E-state index contributed by atoms with van der Waals surface area (Å²) in [6.45, 7) is 3.73. The molecular formula is C17H21N5O5. The Morgan fingerprint density at radius 2 is 2.22 bits per heavy atom. The number of rotatable bonds is 7. The van der Waals surface area contributed by atoms with Gasteiger partial charge in [0.05, 0.1) is 12.3 Å². The molecule has 1 fully saturated rings. The van der Waals surface area contributed by atoms with Gasteiger partial charge in [-0.2, -0.15) is 4.98 Å². The van der Waals surface area contributed by atoms with Crippen LogP contribution >= 0.6 is 0 Å². The van der Waals surface area contributed by atoms with Crippen molar-refractivity contribution < 1.29 is 18.7 Å². The molecular weight excluding hydrogens is 354 g/mol. The largest absolute Gasteiger partial charge is 0.441 e. The SMILES string of the molecule is CCCCC(Nc1nc(=O)oc2cncnc12)C(=O)NC1C(=O)COC1C. The summed E-state index contributed by atoms with van der Waals surface area (Å²) in [6.07, 6.45) is 4.40. The Hall–Kier alpha value is -2.88. The van der Waals surface area contributed by atoms with E-state index in [0.717, 1.165) is 12.8 Å². The van der Waals surface area contributed by atoms with Gasteiger partial charge >= 0.3 is 5.76 Å². The molecule has 144 valence electrons. The third kappa shape index (κ3) is 4.27. The lowest BCUT2D eigenvalue weighted by molar-refractivity contribution is -0.126. The minimum Gasteiger partial charge on any atom is -0.405 e. The fraction of sp³-hybridized carbons (Fsp3) is 0.529. The van der Waals surface area contributed by atoms with Crippen molar-refractivity contribution in [2.75, 3.05) is 11.9 Å². The maximum absolute atomic E-state index is 12.8. The zero-order valence-corrected chi connectivity index (χ0v) is 15.1. The summed E-state index contributed by atoms with van der Waals surface area (Å²) in [5.41, 5.74) is 0.468. The average molecular weight is 375 g/mol. The lowest BCUT2D eigenvalue weighted by Gasteiger charge is -2.22. The first kappa shape index (κ1) is 18.9. The summed E-state index contributed by atoms with van der Waals surface area (Å²) in [7, 11) is 0. The fourth-order valence-corrected chi connectivity index (χ4v) is 2.89. The molecule has 1 saturated heterocycles. The molecule has 0 spiro atoms. The Morgan fingerprint density at radius 3 is 2.93 bits per heavy atom. The minimum absolute atomic E-state index is 0.0119. The summed E-state index contributed by atoms with van der Waals surface area (Å²) >= 11 is 0. The van der Waals surface area contributed by atoms with Crippen LogP contribution in [0, 0.1) is 0 Å². The van der Waals surface area contributed by atoms with Gasteiger partial charge in [-0.3, -0.25) is 9.59 Å². The van der Waals surface area contributed by atoms with Gasteiger partial charge < -0.3 is 19.8 Å². The van der Waals surface area contributed by atoms with Gasteiger partial charge in [0.2, 0.25) is 5.91 Å². The average Bonchev–Trinajstić information content (AvgIpc) is 2.96. The Balaban J connectivity index is 1.84. The summed E-state index contributed by atoms with van der Waals surface area (Å²) in [5, 5.41) is 5.71. The molecule has 0 radical (unpaired) electrons. The molecule has 2 N–H and O–H groups in total. The molecule has 3 atom stereocenters. The number of amides is 1. The molecule has 1 aliphatic rings. The van der Waals surface area contributed by atoms with Crippen molar-refractivity contribution in [1.82, 2.24) is 20.3 Å². The van der Waals surface area contributed by atoms with Crippen LogP contribution in [-0.2, 0) is 14.3 Å². The molecule has 1 amide bonds. The zero-order valence-electron chi connectivity index (χ0n) is 15.1. The summed E-state index contributed by atoms with van der Waals surface area (Å²) in [4.78, 5) is 48.0. The van der Waals surface area contributed by atoms with Gasteiger partial charge in [0.25, 0.3) is 0 Å². The highest BCUT2D eigenvalue weighted by atomic mass is 16.5. The molecule has 10 heteroatoms. The minimum atomic E-state index is -0.817. The molecule has 1 aliphatic heterocycles. The third-order valence-corrected chi connectivity index (χ3v) is 4.38. The number of carbonyl (C=O) groups excluding carboxylic acids is 2. The van der Waals surface area contributed by atoms with Gasteiger partial charge in [-0.15, -0.1) is 0 Å². The summed E-state index contributed by atoms with van der Waals surface area (Å²) in [6, 6.07) is -1.38. The van der Waals surface area contributed by atoms with E-state index >= 15 is 0 Å². The van der Waals surface area contributed by atoms with Crippen LogP contribution < -0.4 is 16.4 Å². The Bertz CT molecular complexity index is 899. The smallest absolute Gasteiger partial charge is 0.405 e. The van der Waals surface area contributed by atoms with Crippen molar-refractivity contribution in [1.29, 1.82) is 0 Å². The van der Waals surface area contributed by atoms with Crippen LogP contribution in [0.1, 0.15) is 33.1 Å². The van der Waals surface area contributed by atoms with Crippen molar-refractivity contribution in [3.8, 4) is 0 Å². The van der Waals surface area contributed by atoms with E-state index in [4.69, 9.17) is 9.15 Å². The molecule has 27 heavy (non-hydrogen) atoms. The van der Waals surface area contributed by atoms with Gasteiger partial charge in [0.1, 0.15) is 25.0 Å². The highest BCUT2D eigenvalue weighted by Crippen LogP contribution is 2.18. The number of ketones is 1. The Morgan fingerprint density at radius 1 is 1.41 bits per heavy atom. The molecule has 3 heterocycles. The Kier molecular flexibility index (Phi) is 5.75. The molecule has 2 aromatic heterocycles. The van der Waals surface area contributed by atoms with Crippen molar-refractivity contribution in [2.24, 2.45) is 0 Å². The number of anilines is 1. The number of fused-ring (bicyclic) bond motifs is 1. The number of unbranched alkanes of at least 4 members (excludes halogenated alkanes) is 1. The maximum Gasteiger partial charge on any atom is 0.441 e. The lowest BCUT2D eigenvalue weighted by atomic mass is 10.1. The monoisotopic (exact) mass is 375 g/mol. The summed E-state index contributed by atoms with van der Waals surface area (Å²) in [5.74, 6) is -1.21. The first-order valence-corrected chi connectivity index (χ1v) is 8.81. The van der Waals surface area contributed by atoms with E-state index in [-0.39, 0.29) is 35.8 Å². The number of nitrogens with one attached hydrogen (secondary N) is 2. The van der Waals surface area contributed by atoms with E-state index in [0.29, 0.717) is 11.9 Å². The predicted molar refractivity (Wildman–Crippen MR) is 95.2 cm³/mol. The topological polar surface area (TPSA) is 136 Å². The van der Waals surface area contributed by atoms with Crippen LogP contribution in [0.3, 0.4) is 0 Å². The second kappa shape index (κ2) is 8.21. The molecule has 0 aromatic carbocycles. The van der Waals surface area contributed by atoms with Crippen LogP contribution in [0.4, 0.5) is 5.82 Å². The molecule has 0 aliphatic carbocycles. The van der Waals surface area contributed by atoms with Crippen molar-refractivity contribution >= 4 is 28.6 Å². The van der Waals surface area contributed by atoms with Gasteiger partial charge in [-0.25, -0.2) is 14.8 Å². The van der Waals surface area contributed by atoms with E-state index < -0.39 is 17.8 Å². The number of ether oxygens (including phenoxy) is 1. The van der Waals surface area contributed by atoms with Crippen LogP contribution in [-0.4, -0.2) is 51.4 Å². The van der Waals surface area contributed by atoms with E-state index in [1.54, 1.807) is 6.92 Å². The number of nitrogens with zero attached hydrogens (tertiary/aromatic N) is 3. The number of hydrogen-bond donors (Lipinski definition) is 2. The number of hydrogen-bond acceptors (Lipinski definition) is 9. The van der Waals surface area contributed by atoms with Gasteiger partial charge in [0, 0.05) is 0 Å². The van der Waals surface area contributed by atoms with E-state index in [1.807, 2.05) is 6.92 Å². The molecule has 3 unspecified atom stereocenters. The summed E-state index contributed by atoms with van der Waals surface area (Å²) < 4.78 is 10.2. The van der Waals surface area contributed by atoms with Crippen LogP contribution in [0.5, 0.6) is 0 Å². The van der Waals surface area contributed by atoms with Crippen LogP contribution in [0.15, 0.2) is 21.7 Å². The van der Waals surface area contributed by atoms with Crippen molar-refractivity contribution in [2.45, 2.75) is 51.3 Å². The highest BCUT2D eigenvalue weighted by molar-refractivity contribution is 5.94. The lowest BCUT2D eigenvalue weighted by Crippen LogP contribution is -2.49. The normalized spacial score (nSPS) is 20.6. The first-order chi connectivity index (χ1) is 13.0. The third-order valence-electron chi connectivity index (χ3n) is 4.38. The second-order valence-corrected chi connectivity index (χ2v) is 6.37. The van der Waals surface area contributed by atoms with E-state index in [9.17, 15) is 14.4 Å². The van der Waals surface area contributed by atoms with Gasteiger partial charge in [0.15, 0.2) is 22.7 Å². The van der Waals surface area contributed by atoms with Gasteiger partial charge in [-0.1, -0.05) is 19.8 Å². The Labute approximate surface area is 154 Å². The van der Waals surface area contributed by atoms with Crippen LogP contribution in [0.2, 0.25) is 0 Å². The number of Topliss-reactive ketones (excluding diaryl/α,β-unsaturated/α-hetero) is 1. The molecule has 0 bridgehead atoms. The zero-order chi connectivity index (χ0) is 19.4. The standard InChI is InChI=1S/C17H21N5O5/c1-3-4-5-10(16(24)21-13-9(2)26-7-11(13)23)20-15-14-12(6-18-8-19-14)27-17(25)22-15/h6,8-10,13H,3-5,7H2,1-2H3,(H,21,24)(H,20,22,25). The van der Waals surface area contributed by atoms with Crippen molar-refractivity contribution in [3.63, 3.8) is 0 Å². The fourth-order valence-electron chi connectivity index (χ4n) is 2.89. The van der Waals surface area contributed by atoms with Crippen molar-refractivity contribution in [3.05, 3.63) is 23.1 Å². The maximum atomic E-state index is 12.8. The number of carbonyl (C=O) groups is 2. The predicted octanol–water partition coefficient (Wildman–Crippen LogP) is 0.421.